The van der Waals surface area contributed by atoms with E-state index in [1.807, 2.05) is 0 Å². The first-order valence-corrected chi connectivity index (χ1v) is 4.40. The molecule has 0 aromatic rings. The minimum Gasteiger partial charge on any atom is -0.311 e. The van der Waals surface area contributed by atoms with E-state index in [1.165, 1.54) is 38.9 Å². The number of rotatable bonds is 0. The van der Waals surface area contributed by atoms with E-state index in [0.717, 1.165) is 6.04 Å². The van der Waals surface area contributed by atoms with Crippen molar-refractivity contribution in [1.29, 1.82) is 0 Å². The van der Waals surface area contributed by atoms with E-state index in [1.54, 1.807) is 0 Å². The van der Waals surface area contributed by atoms with Gasteiger partial charge in [0, 0.05) is 31.2 Å². The highest BCUT2D eigenvalue weighted by molar-refractivity contribution is 5.16. The molecule has 3 aliphatic rings. The van der Waals surface area contributed by atoms with E-state index in [-0.39, 0.29) is 0 Å². The third-order valence-electron chi connectivity index (χ3n) is 3.73. The maximum Gasteiger partial charge on any atom is 0.0375 e. The lowest BCUT2D eigenvalue weighted by Crippen LogP contribution is -2.78. The molecule has 0 aromatic heterocycles. The molecule has 56 valence electrons. The molecular weight excluding hydrogens is 124 g/mol. The van der Waals surface area contributed by atoms with Gasteiger partial charge in [0.05, 0.1) is 0 Å². The van der Waals surface area contributed by atoms with Crippen LogP contribution in [0.1, 0.15) is 19.3 Å². The number of piperazine rings is 1. The molecule has 0 amide bonds. The second-order valence-electron chi connectivity index (χ2n) is 3.89. The zero-order chi connectivity index (χ0) is 6.60. The van der Waals surface area contributed by atoms with Crippen molar-refractivity contribution in [2.24, 2.45) is 0 Å². The summed E-state index contributed by atoms with van der Waals surface area (Å²) >= 11 is 0. The zero-order valence-corrected chi connectivity index (χ0v) is 6.27. The van der Waals surface area contributed by atoms with Gasteiger partial charge < -0.3 is 5.32 Å². The molecule has 1 spiro atoms. The average Bonchev–Trinajstić information content (AvgIpc) is 1.80. The van der Waals surface area contributed by atoms with Crippen LogP contribution in [0.25, 0.3) is 0 Å². The zero-order valence-electron chi connectivity index (χ0n) is 6.27. The molecule has 2 heteroatoms. The van der Waals surface area contributed by atoms with Crippen LogP contribution in [0.3, 0.4) is 0 Å². The molecule has 2 aliphatic heterocycles. The summed E-state index contributed by atoms with van der Waals surface area (Å²) in [6.45, 7) is 3.90. The molecule has 3 fully saturated rings. The minimum absolute atomic E-state index is 0.679. The van der Waals surface area contributed by atoms with Gasteiger partial charge in [-0.1, -0.05) is 0 Å². The molecule has 0 aromatic carbocycles. The average molecular weight is 138 g/mol. The van der Waals surface area contributed by atoms with Crippen molar-refractivity contribution >= 4 is 0 Å². The highest BCUT2D eigenvalue weighted by atomic mass is 15.3. The van der Waals surface area contributed by atoms with Crippen LogP contribution in [-0.4, -0.2) is 36.1 Å². The highest BCUT2D eigenvalue weighted by Gasteiger charge is 2.57. The second kappa shape index (κ2) is 1.56. The van der Waals surface area contributed by atoms with Crippen molar-refractivity contribution in [3.63, 3.8) is 0 Å². The van der Waals surface area contributed by atoms with Gasteiger partial charge in [-0.3, -0.25) is 4.90 Å². The first kappa shape index (κ1) is 5.56. The molecule has 1 N–H and O–H groups in total. The first-order chi connectivity index (χ1) is 4.92. The summed E-state index contributed by atoms with van der Waals surface area (Å²) in [4.78, 5) is 2.68. The summed E-state index contributed by atoms with van der Waals surface area (Å²) in [6, 6.07) is 0.870. The van der Waals surface area contributed by atoms with Gasteiger partial charge >= 0.3 is 0 Å². The van der Waals surface area contributed by atoms with Crippen molar-refractivity contribution in [2.45, 2.75) is 30.8 Å². The summed E-state index contributed by atoms with van der Waals surface area (Å²) in [6.07, 6.45) is 4.35. The van der Waals surface area contributed by atoms with Gasteiger partial charge in [0.2, 0.25) is 0 Å². The van der Waals surface area contributed by atoms with Gasteiger partial charge in [-0.15, -0.1) is 0 Å². The quantitative estimate of drug-likeness (QED) is 0.514. The Bertz CT molecular complexity index is 149. The van der Waals surface area contributed by atoms with Gasteiger partial charge in [0.25, 0.3) is 0 Å². The number of nitrogens with one attached hydrogen (secondary N) is 1. The fraction of sp³-hybridized carbons (Fsp3) is 1.00. The predicted octanol–water partition coefficient (Wildman–Crippen LogP) is 0.196. The molecule has 0 bridgehead atoms. The van der Waals surface area contributed by atoms with Crippen LogP contribution >= 0.6 is 0 Å². The maximum absolute atomic E-state index is 3.60. The van der Waals surface area contributed by atoms with Crippen LogP contribution in [0.2, 0.25) is 0 Å². The Hall–Kier alpha value is -0.0800. The molecule has 2 saturated heterocycles. The first-order valence-electron chi connectivity index (χ1n) is 4.40. The SMILES string of the molecule is C1CN2CCC23CCC3N1. The van der Waals surface area contributed by atoms with E-state index in [9.17, 15) is 0 Å². The lowest BCUT2D eigenvalue weighted by molar-refractivity contribution is -0.122. The van der Waals surface area contributed by atoms with Crippen LogP contribution in [-0.2, 0) is 0 Å². The lowest BCUT2D eigenvalue weighted by Gasteiger charge is -2.66. The Balaban J connectivity index is 1.88. The van der Waals surface area contributed by atoms with Gasteiger partial charge in [0.1, 0.15) is 0 Å². The fourth-order valence-corrected chi connectivity index (χ4v) is 2.86. The van der Waals surface area contributed by atoms with E-state index < -0.39 is 0 Å². The normalized spacial score (nSPS) is 52.2. The van der Waals surface area contributed by atoms with Gasteiger partial charge in [-0.2, -0.15) is 0 Å². The molecule has 1 saturated carbocycles. The largest absolute Gasteiger partial charge is 0.311 e. The summed E-state index contributed by atoms with van der Waals surface area (Å²) < 4.78 is 0. The van der Waals surface area contributed by atoms with Crippen LogP contribution in [0.4, 0.5) is 0 Å². The van der Waals surface area contributed by atoms with Crippen LogP contribution in [0.15, 0.2) is 0 Å². The van der Waals surface area contributed by atoms with Crippen molar-refractivity contribution in [1.82, 2.24) is 10.2 Å². The molecule has 2 unspecified atom stereocenters. The van der Waals surface area contributed by atoms with Crippen LogP contribution in [0, 0.1) is 0 Å². The van der Waals surface area contributed by atoms with Crippen molar-refractivity contribution in [3.05, 3.63) is 0 Å². The number of nitrogens with zero attached hydrogens (tertiary/aromatic N) is 1. The lowest BCUT2D eigenvalue weighted by atomic mass is 9.62. The van der Waals surface area contributed by atoms with E-state index in [0.29, 0.717) is 5.54 Å². The molecule has 3 rings (SSSR count). The summed E-state index contributed by atoms with van der Waals surface area (Å²) in [5, 5.41) is 3.60. The molecule has 10 heavy (non-hydrogen) atoms. The smallest absolute Gasteiger partial charge is 0.0375 e. The van der Waals surface area contributed by atoms with E-state index >= 15 is 0 Å². The summed E-state index contributed by atoms with van der Waals surface area (Å²) in [7, 11) is 0. The minimum atomic E-state index is 0.679. The molecule has 1 aliphatic carbocycles. The molecule has 0 radical (unpaired) electrons. The summed E-state index contributed by atoms with van der Waals surface area (Å²) in [5.41, 5.74) is 0.679. The summed E-state index contributed by atoms with van der Waals surface area (Å²) in [5.74, 6) is 0. The number of hydrogen-bond acceptors (Lipinski definition) is 2. The molecule has 2 heterocycles. The van der Waals surface area contributed by atoms with Crippen LogP contribution < -0.4 is 5.32 Å². The van der Waals surface area contributed by atoms with E-state index in [4.69, 9.17) is 0 Å². The van der Waals surface area contributed by atoms with Gasteiger partial charge in [-0.05, 0) is 19.3 Å². The van der Waals surface area contributed by atoms with Crippen molar-refractivity contribution in [2.75, 3.05) is 19.6 Å². The molecular formula is C8H14N2. The Kier molecular flexibility index (Phi) is 0.868. The Morgan fingerprint density at radius 2 is 2.30 bits per heavy atom. The Labute approximate surface area is 61.6 Å². The Morgan fingerprint density at radius 3 is 2.70 bits per heavy atom. The molecule has 2 atom stereocenters. The topological polar surface area (TPSA) is 15.3 Å². The van der Waals surface area contributed by atoms with Gasteiger partial charge in [0.15, 0.2) is 0 Å². The standard InChI is InChI=1S/C8H14N2/c1-2-8-3-5-10(8)6-4-9-7(1)8/h7,9H,1-6H2. The third-order valence-corrected chi connectivity index (χ3v) is 3.73. The maximum atomic E-state index is 3.60. The van der Waals surface area contributed by atoms with Crippen LogP contribution in [0.5, 0.6) is 0 Å². The van der Waals surface area contributed by atoms with Crippen molar-refractivity contribution in [3.8, 4) is 0 Å². The Morgan fingerprint density at radius 1 is 1.30 bits per heavy atom. The molecule has 2 nitrogen and oxygen atoms in total. The second-order valence-corrected chi connectivity index (χ2v) is 3.89. The highest BCUT2D eigenvalue weighted by Crippen LogP contribution is 2.48. The monoisotopic (exact) mass is 138 g/mol. The van der Waals surface area contributed by atoms with E-state index in [2.05, 4.69) is 10.2 Å². The van der Waals surface area contributed by atoms with Gasteiger partial charge in [-0.25, -0.2) is 0 Å². The number of hydrogen-bond donors (Lipinski definition) is 1. The fourth-order valence-electron chi connectivity index (χ4n) is 2.86. The third kappa shape index (κ3) is 0.424. The predicted molar refractivity (Wildman–Crippen MR) is 39.9 cm³/mol. The van der Waals surface area contributed by atoms with Crippen molar-refractivity contribution < 1.29 is 0 Å².